The zero-order chi connectivity index (χ0) is 18.5. The number of hydrogen-bond acceptors (Lipinski definition) is 3. The van der Waals surface area contributed by atoms with Gasteiger partial charge in [-0.25, -0.2) is 4.68 Å². The van der Waals surface area contributed by atoms with Crippen molar-refractivity contribution in [1.82, 2.24) is 9.78 Å². The molecule has 0 aliphatic rings. The van der Waals surface area contributed by atoms with Crippen LogP contribution in [0.2, 0.25) is 5.02 Å². The fourth-order valence-electron chi connectivity index (χ4n) is 2.43. The van der Waals surface area contributed by atoms with E-state index in [9.17, 15) is 4.79 Å². The minimum Gasteiger partial charge on any atom is -0.470 e. The van der Waals surface area contributed by atoms with Crippen molar-refractivity contribution < 1.29 is 9.53 Å². The van der Waals surface area contributed by atoms with Crippen LogP contribution in [0.3, 0.4) is 0 Å². The molecule has 1 aromatic heterocycles. The van der Waals surface area contributed by atoms with Gasteiger partial charge in [0.05, 0.1) is 5.02 Å². The van der Waals surface area contributed by atoms with Crippen molar-refractivity contribution in [2.75, 3.05) is 5.32 Å². The lowest BCUT2D eigenvalue weighted by atomic mass is 10.1. The minimum atomic E-state index is -0.262. The number of carbonyl (C=O) groups is 1. The maximum absolute atomic E-state index is 12.3. The van der Waals surface area contributed by atoms with E-state index in [2.05, 4.69) is 17.3 Å². The van der Waals surface area contributed by atoms with E-state index in [1.807, 2.05) is 43.3 Å². The molecule has 1 amide bonds. The number of aromatic nitrogens is 2. The van der Waals surface area contributed by atoms with Crippen LogP contribution in [0.5, 0.6) is 5.75 Å². The molecule has 0 atom stereocenters. The zero-order valence-electron chi connectivity index (χ0n) is 14.7. The van der Waals surface area contributed by atoms with Crippen LogP contribution in [0.4, 0.5) is 5.69 Å². The summed E-state index contributed by atoms with van der Waals surface area (Å²) in [7, 11) is 0. The number of benzene rings is 2. The van der Waals surface area contributed by atoms with Crippen molar-refractivity contribution in [3.05, 3.63) is 76.6 Å². The Balaban J connectivity index is 1.61. The maximum Gasteiger partial charge on any atom is 0.276 e. The molecule has 3 aromatic rings. The van der Waals surface area contributed by atoms with Crippen molar-refractivity contribution in [2.45, 2.75) is 27.0 Å². The molecule has 0 radical (unpaired) electrons. The van der Waals surface area contributed by atoms with Crippen molar-refractivity contribution in [2.24, 2.45) is 0 Å². The standard InChI is InChI=1S/C20H20ClN3O2/c1-3-15-5-7-16(8-6-15)22-20(25)18-10-11-24(23-18)13-26-19-12-14(2)4-9-17(19)21/h4-12H,3,13H2,1-2H3,(H,22,25). The average Bonchev–Trinajstić information content (AvgIpc) is 3.12. The number of nitrogens with zero attached hydrogens (tertiary/aromatic N) is 2. The minimum absolute atomic E-state index is 0.168. The van der Waals surface area contributed by atoms with Gasteiger partial charge in [0.15, 0.2) is 12.4 Å². The third-order valence-electron chi connectivity index (χ3n) is 3.93. The Kier molecular flexibility index (Phi) is 5.58. The van der Waals surface area contributed by atoms with E-state index in [4.69, 9.17) is 16.3 Å². The van der Waals surface area contributed by atoms with Gasteiger partial charge in [0, 0.05) is 11.9 Å². The topological polar surface area (TPSA) is 56.2 Å². The molecule has 134 valence electrons. The van der Waals surface area contributed by atoms with Crippen LogP contribution < -0.4 is 10.1 Å². The number of amides is 1. The van der Waals surface area contributed by atoms with E-state index < -0.39 is 0 Å². The molecule has 0 unspecified atom stereocenters. The second kappa shape index (κ2) is 8.06. The number of halogens is 1. The summed E-state index contributed by atoms with van der Waals surface area (Å²) in [5, 5.41) is 7.62. The highest BCUT2D eigenvalue weighted by atomic mass is 35.5. The fraction of sp³-hybridized carbons (Fsp3) is 0.200. The monoisotopic (exact) mass is 369 g/mol. The number of hydrogen-bond donors (Lipinski definition) is 1. The second-order valence-electron chi connectivity index (χ2n) is 5.95. The molecule has 0 fully saturated rings. The molecule has 26 heavy (non-hydrogen) atoms. The van der Waals surface area contributed by atoms with Crippen LogP contribution in [0.15, 0.2) is 54.7 Å². The Hall–Kier alpha value is -2.79. The summed E-state index contributed by atoms with van der Waals surface area (Å²) < 4.78 is 7.23. The molecule has 0 aliphatic heterocycles. The van der Waals surface area contributed by atoms with Crippen LogP contribution in [-0.4, -0.2) is 15.7 Å². The lowest BCUT2D eigenvalue weighted by Crippen LogP contribution is -2.14. The van der Waals surface area contributed by atoms with Crippen molar-refractivity contribution in [3.8, 4) is 5.75 Å². The molecule has 0 saturated carbocycles. The first kappa shape index (κ1) is 18.0. The van der Waals surface area contributed by atoms with Crippen molar-refractivity contribution in [3.63, 3.8) is 0 Å². The Morgan fingerprint density at radius 2 is 1.96 bits per heavy atom. The van der Waals surface area contributed by atoms with Crippen LogP contribution >= 0.6 is 11.6 Å². The summed E-state index contributed by atoms with van der Waals surface area (Å²) in [6, 6.07) is 15.0. The van der Waals surface area contributed by atoms with Gasteiger partial charge in [-0.3, -0.25) is 4.79 Å². The SMILES string of the molecule is CCc1ccc(NC(=O)c2ccn(COc3cc(C)ccc3Cl)n2)cc1. The summed E-state index contributed by atoms with van der Waals surface area (Å²) in [5.41, 5.74) is 3.34. The highest BCUT2D eigenvalue weighted by molar-refractivity contribution is 6.32. The van der Waals surface area contributed by atoms with Gasteiger partial charge in [-0.1, -0.05) is 36.7 Å². The van der Waals surface area contributed by atoms with Crippen LogP contribution in [0.25, 0.3) is 0 Å². The summed E-state index contributed by atoms with van der Waals surface area (Å²) in [6.07, 6.45) is 2.66. The van der Waals surface area contributed by atoms with Gasteiger partial charge in [-0.15, -0.1) is 0 Å². The number of nitrogens with one attached hydrogen (secondary N) is 1. The Morgan fingerprint density at radius 1 is 1.19 bits per heavy atom. The van der Waals surface area contributed by atoms with E-state index in [0.29, 0.717) is 16.5 Å². The van der Waals surface area contributed by atoms with E-state index in [-0.39, 0.29) is 12.6 Å². The van der Waals surface area contributed by atoms with Gasteiger partial charge >= 0.3 is 0 Å². The smallest absolute Gasteiger partial charge is 0.276 e. The summed E-state index contributed by atoms with van der Waals surface area (Å²) in [5.74, 6) is 0.325. The molecular weight excluding hydrogens is 350 g/mol. The van der Waals surface area contributed by atoms with E-state index >= 15 is 0 Å². The highest BCUT2D eigenvalue weighted by Gasteiger charge is 2.10. The first-order chi connectivity index (χ1) is 12.5. The van der Waals surface area contributed by atoms with Gasteiger partial charge in [0.2, 0.25) is 0 Å². The van der Waals surface area contributed by atoms with Crippen LogP contribution in [-0.2, 0) is 13.2 Å². The van der Waals surface area contributed by atoms with Crippen molar-refractivity contribution >= 4 is 23.2 Å². The highest BCUT2D eigenvalue weighted by Crippen LogP contribution is 2.25. The molecule has 6 heteroatoms. The average molecular weight is 370 g/mol. The number of aryl methyl sites for hydroxylation is 2. The Bertz CT molecular complexity index is 904. The molecule has 0 saturated heterocycles. The number of rotatable bonds is 6. The van der Waals surface area contributed by atoms with E-state index in [1.54, 1.807) is 23.0 Å². The molecule has 2 aromatic carbocycles. The van der Waals surface area contributed by atoms with E-state index in [1.165, 1.54) is 5.56 Å². The van der Waals surface area contributed by atoms with Gasteiger partial charge in [0.1, 0.15) is 5.75 Å². The molecular formula is C20H20ClN3O2. The summed E-state index contributed by atoms with van der Waals surface area (Å²) in [4.78, 5) is 12.3. The second-order valence-corrected chi connectivity index (χ2v) is 6.36. The zero-order valence-corrected chi connectivity index (χ0v) is 15.5. The molecule has 1 heterocycles. The quantitative estimate of drug-likeness (QED) is 0.685. The molecule has 5 nitrogen and oxygen atoms in total. The normalized spacial score (nSPS) is 10.6. The van der Waals surface area contributed by atoms with Crippen LogP contribution in [0.1, 0.15) is 28.5 Å². The van der Waals surface area contributed by atoms with Crippen molar-refractivity contribution in [1.29, 1.82) is 0 Å². The van der Waals surface area contributed by atoms with E-state index in [0.717, 1.165) is 17.7 Å². The first-order valence-corrected chi connectivity index (χ1v) is 8.75. The summed E-state index contributed by atoms with van der Waals surface area (Å²) >= 11 is 6.11. The summed E-state index contributed by atoms with van der Waals surface area (Å²) in [6.45, 7) is 4.22. The fourth-order valence-corrected chi connectivity index (χ4v) is 2.60. The molecule has 0 spiro atoms. The Labute approximate surface area is 157 Å². The molecule has 3 rings (SSSR count). The van der Waals surface area contributed by atoms with Gasteiger partial charge in [0.25, 0.3) is 5.91 Å². The lowest BCUT2D eigenvalue weighted by molar-refractivity contribution is 0.102. The Morgan fingerprint density at radius 3 is 2.69 bits per heavy atom. The predicted octanol–water partition coefficient (Wildman–Crippen LogP) is 4.70. The van der Waals surface area contributed by atoms with Gasteiger partial charge in [-0.2, -0.15) is 5.10 Å². The number of anilines is 1. The molecule has 0 bridgehead atoms. The van der Waals surface area contributed by atoms with Gasteiger partial charge < -0.3 is 10.1 Å². The third kappa shape index (κ3) is 4.43. The molecule has 0 aliphatic carbocycles. The van der Waals surface area contributed by atoms with Crippen LogP contribution in [0, 0.1) is 6.92 Å². The number of ether oxygens (including phenoxy) is 1. The van der Waals surface area contributed by atoms with Gasteiger partial charge in [-0.05, 0) is 54.8 Å². The third-order valence-corrected chi connectivity index (χ3v) is 4.24. The predicted molar refractivity (Wildman–Crippen MR) is 103 cm³/mol. The lowest BCUT2D eigenvalue weighted by Gasteiger charge is -2.08. The molecule has 1 N–H and O–H groups in total. The largest absolute Gasteiger partial charge is 0.470 e. The first-order valence-electron chi connectivity index (χ1n) is 8.38. The maximum atomic E-state index is 12.3. The number of carbonyl (C=O) groups excluding carboxylic acids is 1.